The number of methoxy groups -OCH3 is 1. The van der Waals surface area contributed by atoms with E-state index < -0.39 is 0 Å². The van der Waals surface area contributed by atoms with Crippen molar-refractivity contribution in [2.45, 2.75) is 13.3 Å². The fraction of sp³-hybridized carbons (Fsp3) is 0.300. The van der Waals surface area contributed by atoms with Crippen LogP contribution in [0.2, 0.25) is 0 Å². The van der Waals surface area contributed by atoms with E-state index in [1.54, 1.807) is 13.0 Å². The molecule has 0 spiro atoms. The maximum atomic E-state index is 11.0. The summed E-state index contributed by atoms with van der Waals surface area (Å²) in [4.78, 5) is 15.0. The van der Waals surface area contributed by atoms with Crippen molar-refractivity contribution in [3.63, 3.8) is 0 Å². The molecule has 1 aromatic rings. The van der Waals surface area contributed by atoms with Crippen molar-refractivity contribution in [1.29, 1.82) is 5.26 Å². The first-order chi connectivity index (χ1) is 6.69. The summed E-state index contributed by atoms with van der Waals surface area (Å²) in [5.74, 6) is -0.351. The quantitative estimate of drug-likeness (QED) is 0.652. The van der Waals surface area contributed by atoms with Gasteiger partial charge in [-0.15, -0.1) is 0 Å². The number of ether oxygens (including phenoxy) is 1. The average molecular weight is 190 g/mol. The summed E-state index contributed by atoms with van der Waals surface area (Å²) in [5.41, 5.74) is 1.87. The summed E-state index contributed by atoms with van der Waals surface area (Å²) in [6.45, 7) is 1.77. The van der Waals surface area contributed by atoms with Crippen LogP contribution in [-0.2, 0) is 16.0 Å². The lowest BCUT2D eigenvalue weighted by atomic mass is 10.1. The van der Waals surface area contributed by atoms with Gasteiger partial charge in [0.15, 0.2) is 0 Å². The molecule has 0 aliphatic rings. The summed E-state index contributed by atoms with van der Waals surface area (Å²) in [6.07, 6.45) is 1.63. The van der Waals surface area contributed by atoms with Gasteiger partial charge in [0.2, 0.25) is 0 Å². The second-order valence-electron chi connectivity index (χ2n) is 2.79. The van der Waals surface area contributed by atoms with Gasteiger partial charge in [0.05, 0.1) is 30.9 Å². The van der Waals surface area contributed by atoms with E-state index in [1.165, 1.54) is 13.3 Å². The topological polar surface area (TPSA) is 63.0 Å². The zero-order chi connectivity index (χ0) is 10.6. The summed E-state index contributed by atoms with van der Waals surface area (Å²) >= 11 is 0. The van der Waals surface area contributed by atoms with E-state index in [0.29, 0.717) is 11.3 Å². The molecule has 0 unspecified atom stereocenters. The highest BCUT2D eigenvalue weighted by atomic mass is 16.5. The first kappa shape index (κ1) is 10.2. The molecule has 0 atom stereocenters. The Morgan fingerprint density at radius 1 is 1.71 bits per heavy atom. The van der Waals surface area contributed by atoms with Crippen molar-refractivity contribution in [1.82, 2.24) is 4.98 Å². The van der Waals surface area contributed by atoms with Crippen LogP contribution in [0, 0.1) is 18.3 Å². The van der Waals surface area contributed by atoms with Crippen LogP contribution in [0.1, 0.15) is 16.8 Å². The molecule has 0 saturated heterocycles. The van der Waals surface area contributed by atoms with Gasteiger partial charge in [0, 0.05) is 6.20 Å². The Balaban J connectivity index is 2.99. The largest absolute Gasteiger partial charge is 0.469 e. The summed E-state index contributed by atoms with van der Waals surface area (Å²) in [7, 11) is 1.33. The smallest absolute Gasteiger partial charge is 0.311 e. The van der Waals surface area contributed by atoms with Crippen LogP contribution in [0.15, 0.2) is 12.3 Å². The number of nitriles is 1. The molecular formula is C10H10N2O2. The van der Waals surface area contributed by atoms with Crippen molar-refractivity contribution < 1.29 is 9.53 Å². The molecular weight excluding hydrogens is 180 g/mol. The lowest BCUT2D eigenvalue weighted by Crippen LogP contribution is -2.08. The maximum absolute atomic E-state index is 11.0. The number of carbonyl (C=O) groups excluding carboxylic acids is 1. The molecule has 1 aromatic heterocycles. The molecule has 4 nitrogen and oxygen atoms in total. The van der Waals surface area contributed by atoms with Crippen molar-refractivity contribution >= 4 is 5.97 Å². The fourth-order valence-corrected chi connectivity index (χ4v) is 1.09. The molecule has 0 aliphatic heterocycles. The lowest BCUT2D eigenvalue weighted by molar-refractivity contribution is -0.139. The SMILES string of the molecule is COC(=O)Cc1nccc(C#N)c1C. The van der Waals surface area contributed by atoms with Crippen LogP contribution < -0.4 is 0 Å². The van der Waals surface area contributed by atoms with E-state index >= 15 is 0 Å². The van der Waals surface area contributed by atoms with Gasteiger partial charge in [-0.05, 0) is 18.6 Å². The van der Waals surface area contributed by atoms with Crippen molar-refractivity contribution in [2.24, 2.45) is 0 Å². The number of esters is 1. The zero-order valence-corrected chi connectivity index (χ0v) is 8.07. The monoisotopic (exact) mass is 190 g/mol. The minimum Gasteiger partial charge on any atom is -0.469 e. The van der Waals surface area contributed by atoms with Gasteiger partial charge >= 0.3 is 5.97 Å². The van der Waals surface area contributed by atoms with Gasteiger partial charge in [-0.25, -0.2) is 0 Å². The third-order valence-corrected chi connectivity index (χ3v) is 1.97. The van der Waals surface area contributed by atoms with Gasteiger partial charge in [-0.2, -0.15) is 5.26 Å². The number of rotatable bonds is 2. The molecule has 0 fully saturated rings. The Morgan fingerprint density at radius 2 is 2.43 bits per heavy atom. The average Bonchev–Trinajstić information content (AvgIpc) is 2.21. The summed E-state index contributed by atoms with van der Waals surface area (Å²) in [5, 5.41) is 8.74. The third kappa shape index (κ3) is 2.07. The van der Waals surface area contributed by atoms with Gasteiger partial charge < -0.3 is 4.74 Å². The van der Waals surface area contributed by atoms with Gasteiger partial charge in [-0.1, -0.05) is 0 Å². The highest BCUT2D eigenvalue weighted by Gasteiger charge is 2.09. The second kappa shape index (κ2) is 4.38. The molecule has 14 heavy (non-hydrogen) atoms. The number of carbonyl (C=O) groups is 1. The van der Waals surface area contributed by atoms with E-state index in [0.717, 1.165) is 5.56 Å². The Labute approximate surface area is 82.1 Å². The van der Waals surface area contributed by atoms with Crippen LogP contribution in [-0.4, -0.2) is 18.1 Å². The summed E-state index contributed by atoms with van der Waals surface area (Å²) < 4.78 is 4.52. The highest BCUT2D eigenvalue weighted by molar-refractivity contribution is 5.72. The standard InChI is InChI=1S/C10H10N2O2/c1-7-8(6-11)3-4-12-9(7)5-10(13)14-2/h3-4H,5H2,1-2H3. The minimum absolute atomic E-state index is 0.109. The first-order valence-corrected chi connectivity index (χ1v) is 4.10. The molecule has 0 bridgehead atoms. The first-order valence-electron chi connectivity index (χ1n) is 4.10. The highest BCUT2D eigenvalue weighted by Crippen LogP contribution is 2.10. The van der Waals surface area contributed by atoms with Crippen LogP contribution >= 0.6 is 0 Å². The minimum atomic E-state index is -0.351. The molecule has 1 heterocycles. The molecule has 1 rings (SSSR count). The number of hydrogen-bond acceptors (Lipinski definition) is 4. The van der Waals surface area contributed by atoms with Crippen molar-refractivity contribution in [2.75, 3.05) is 7.11 Å². The molecule has 0 N–H and O–H groups in total. The van der Waals surface area contributed by atoms with E-state index in [9.17, 15) is 4.79 Å². The Morgan fingerprint density at radius 3 is 3.00 bits per heavy atom. The predicted molar refractivity (Wildman–Crippen MR) is 49.4 cm³/mol. The maximum Gasteiger partial charge on any atom is 0.311 e. The normalized spacial score (nSPS) is 9.21. The zero-order valence-electron chi connectivity index (χ0n) is 8.07. The Hall–Kier alpha value is -1.89. The molecule has 0 radical (unpaired) electrons. The number of nitrogens with zero attached hydrogens (tertiary/aromatic N) is 2. The fourth-order valence-electron chi connectivity index (χ4n) is 1.09. The van der Waals surface area contributed by atoms with Crippen LogP contribution in [0.4, 0.5) is 0 Å². The number of pyridine rings is 1. The predicted octanol–water partition coefficient (Wildman–Crippen LogP) is 0.977. The molecule has 72 valence electrons. The molecule has 0 saturated carbocycles. The number of hydrogen-bond donors (Lipinski definition) is 0. The Bertz CT molecular complexity index is 394. The van der Waals surface area contributed by atoms with Crippen LogP contribution in [0.25, 0.3) is 0 Å². The van der Waals surface area contributed by atoms with Crippen molar-refractivity contribution in [3.05, 3.63) is 29.1 Å². The van der Waals surface area contributed by atoms with Gasteiger partial charge in [0.25, 0.3) is 0 Å². The van der Waals surface area contributed by atoms with Crippen molar-refractivity contribution in [3.8, 4) is 6.07 Å². The van der Waals surface area contributed by atoms with E-state index in [2.05, 4.69) is 9.72 Å². The van der Waals surface area contributed by atoms with Crippen LogP contribution in [0.5, 0.6) is 0 Å². The summed E-state index contributed by atoms with van der Waals surface area (Å²) in [6, 6.07) is 3.66. The van der Waals surface area contributed by atoms with Gasteiger partial charge in [0.1, 0.15) is 0 Å². The number of aromatic nitrogens is 1. The molecule has 0 aromatic carbocycles. The molecule has 4 heteroatoms. The molecule has 0 amide bonds. The Kier molecular flexibility index (Phi) is 3.19. The second-order valence-corrected chi connectivity index (χ2v) is 2.79. The van der Waals surface area contributed by atoms with E-state index in [4.69, 9.17) is 5.26 Å². The van der Waals surface area contributed by atoms with E-state index in [-0.39, 0.29) is 12.4 Å². The third-order valence-electron chi connectivity index (χ3n) is 1.97. The van der Waals surface area contributed by atoms with E-state index in [1.807, 2.05) is 6.07 Å². The van der Waals surface area contributed by atoms with Crippen LogP contribution in [0.3, 0.4) is 0 Å². The van der Waals surface area contributed by atoms with Gasteiger partial charge in [-0.3, -0.25) is 9.78 Å². The lowest BCUT2D eigenvalue weighted by Gasteiger charge is -2.04. The molecule has 0 aliphatic carbocycles.